The lowest BCUT2D eigenvalue weighted by atomic mass is 9.95. The molecule has 3 rings (SSSR count). The van der Waals surface area contributed by atoms with E-state index in [0.29, 0.717) is 6.04 Å². The largest absolute Gasteiger partial charge is 0.308 e. The van der Waals surface area contributed by atoms with Crippen molar-refractivity contribution in [1.29, 1.82) is 0 Å². The summed E-state index contributed by atoms with van der Waals surface area (Å²) in [5.74, 6) is 0. The monoisotopic (exact) mass is 255 g/mol. The van der Waals surface area contributed by atoms with Crippen molar-refractivity contribution < 1.29 is 0 Å². The number of rotatable bonds is 4. The van der Waals surface area contributed by atoms with Crippen LogP contribution in [0.4, 0.5) is 0 Å². The first-order valence-corrected chi connectivity index (χ1v) is 7.25. The van der Waals surface area contributed by atoms with Crippen LogP contribution in [0.3, 0.4) is 0 Å². The summed E-state index contributed by atoms with van der Waals surface area (Å²) in [5, 5.41) is 8.25. The predicted octanol–water partition coefficient (Wildman–Crippen LogP) is 3.29. The highest BCUT2D eigenvalue weighted by Gasteiger charge is 2.12. The fraction of sp³-hybridized carbons (Fsp3) is 0.438. The highest BCUT2D eigenvalue weighted by Crippen LogP contribution is 2.17. The Morgan fingerprint density at radius 1 is 1.05 bits per heavy atom. The smallest absolute Gasteiger partial charge is 0.0766 e. The Balaban J connectivity index is 1.59. The average Bonchev–Trinajstić information content (AvgIpc) is 2.96. The van der Waals surface area contributed by atoms with Gasteiger partial charge in [0.15, 0.2) is 0 Å². The van der Waals surface area contributed by atoms with E-state index < -0.39 is 0 Å². The number of hydrogen-bond acceptors (Lipinski definition) is 2. The molecule has 1 saturated carbocycles. The molecule has 19 heavy (non-hydrogen) atoms. The molecule has 0 unspecified atom stereocenters. The van der Waals surface area contributed by atoms with Gasteiger partial charge in [-0.1, -0.05) is 37.5 Å². The van der Waals surface area contributed by atoms with Gasteiger partial charge in [-0.3, -0.25) is 0 Å². The van der Waals surface area contributed by atoms with Crippen molar-refractivity contribution in [3.8, 4) is 5.69 Å². The van der Waals surface area contributed by atoms with E-state index in [1.807, 2.05) is 29.1 Å². The van der Waals surface area contributed by atoms with Crippen LogP contribution >= 0.6 is 0 Å². The minimum Gasteiger partial charge on any atom is -0.308 e. The number of aromatic nitrogens is 2. The minimum atomic E-state index is 0.690. The molecule has 1 aromatic heterocycles. The standard InChI is InChI=1S/C16H21N3/c1-3-7-14(8-4-1)17-13-15-11-12-19(18-15)16-9-5-2-6-10-16/h2,5-6,9-12,14,17H,1,3-4,7-8,13H2. The van der Waals surface area contributed by atoms with Gasteiger partial charge in [0.1, 0.15) is 0 Å². The maximum atomic E-state index is 4.62. The molecule has 3 heteroatoms. The summed E-state index contributed by atoms with van der Waals surface area (Å²) >= 11 is 0. The van der Waals surface area contributed by atoms with Crippen molar-refractivity contribution in [3.05, 3.63) is 48.3 Å². The Labute approximate surface area is 114 Å². The van der Waals surface area contributed by atoms with Crippen molar-refractivity contribution in [2.24, 2.45) is 0 Å². The summed E-state index contributed by atoms with van der Waals surface area (Å²) in [6, 6.07) is 13.0. The molecule has 0 bridgehead atoms. The zero-order valence-electron chi connectivity index (χ0n) is 11.3. The Hall–Kier alpha value is -1.61. The summed E-state index contributed by atoms with van der Waals surface area (Å²) in [7, 11) is 0. The zero-order valence-corrected chi connectivity index (χ0v) is 11.3. The Kier molecular flexibility index (Phi) is 3.94. The SMILES string of the molecule is c1ccc(-n2ccc(CNC3CCCCC3)n2)cc1. The molecule has 1 aromatic carbocycles. The summed E-state index contributed by atoms with van der Waals surface area (Å²) in [6.07, 6.45) is 8.82. The van der Waals surface area contributed by atoms with Crippen LogP contribution in [-0.2, 0) is 6.54 Å². The van der Waals surface area contributed by atoms with Gasteiger partial charge in [0.25, 0.3) is 0 Å². The number of para-hydroxylation sites is 1. The van der Waals surface area contributed by atoms with Crippen molar-refractivity contribution >= 4 is 0 Å². The first kappa shape index (κ1) is 12.4. The lowest BCUT2D eigenvalue weighted by Gasteiger charge is -2.22. The average molecular weight is 255 g/mol. The first-order valence-electron chi connectivity index (χ1n) is 7.25. The first-order chi connectivity index (χ1) is 9.42. The number of nitrogens with one attached hydrogen (secondary N) is 1. The highest BCUT2D eigenvalue weighted by molar-refractivity contribution is 5.30. The quantitative estimate of drug-likeness (QED) is 0.908. The minimum absolute atomic E-state index is 0.690. The lowest BCUT2D eigenvalue weighted by molar-refractivity contribution is 0.370. The lowest BCUT2D eigenvalue weighted by Crippen LogP contribution is -2.30. The molecule has 0 saturated heterocycles. The van der Waals surface area contributed by atoms with Crippen LogP contribution in [0, 0.1) is 0 Å². The second-order valence-corrected chi connectivity index (χ2v) is 5.30. The normalized spacial score (nSPS) is 16.6. The van der Waals surface area contributed by atoms with Gasteiger partial charge in [-0.25, -0.2) is 4.68 Å². The molecule has 0 amide bonds. The summed E-state index contributed by atoms with van der Waals surface area (Å²) in [4.78, 5) is 0. The van der Waals surface area contributed by atoms with E-state index in [1.165, 1.54) is 32.1 Å². The number of nitrogens with zero attached hydrogens (tertiary/aromatic N) is 2. The van der Waals surface area contributed by atoms with Gasteiger partial charge < -0.3 is 5.32 Å². The van der Waals surface area contributed by atoms with Crippen molar-refractivity contribution in [2.45, 2.75) is 44.7 Å². The topological polar surface area (TPSA) is 29.9 Å². The van der Waals surface area contributed by atoms with Gasteiger partial charge >= 0.3 is 0 Å². The molecule has 1 heterocycles. The van der Waals surface area contributed by atoms with Crippen LogP contribution in [0.1, 0.15) is 37.8 Å². The molecule has 2 aromatic rings. The third-order valence-corrected chi connectivity index (χ3v) is 3.84. The van der Waals surface area contributed by atoms with E-state index in [-0.39, 0.29) is 0 Å². The molecule has 0 radical (unpaired) electrons. The molecule has 100 valence electrons. The molecule has 1 aliphatic rings. The van der Waals surface area contributed by atoms with E-state index in [1.54, 1.807) is 0 Å². The van der Waals surface area contributed by atoms with Crippen LogP contribution in [0.25, 0.3) is 5.69 Å². The molecule has 1 fully saturated rings. The van der Waals surface area contributed by atoms with Crippen molar-refractivity contribution in [3.63, 3.8) is 0 Å². The van der Waals surface area contributed by atoms with E-state index >= 15 is 0 Å². The Bertz CT molecular complexity index is 498. The molecule has 0 aliphatic heterocycles. The Morgan fingerprint density at radius 2 is 1.84 bits per heavy atom. The number of benzene rings is 1. The van der Waals surface area contributed by atoms with Crippen LogP contribution in [0.5, 0.6) is 0 Å². The highest BCUT2D eigenvalue weighted by atomic mass is 15.3. The van der Waals surface area contributed by atoms with Crippen molar-refractivity contribution in [2.75, 3.05) is 0 Å². The zero-order chi connectivity index (χ0) is 12.9. The predicted molar refractivity (Wildman–Crippen MR) is 77.3 cm³/mol. The number of hydrogen-bond donors (Lipinski definition) is 1. The van der Waals surface area contributed by atoms with Crippen LogP contribution in [0.15, 0.2) is 42.6 Å². The van der Waals surface area contributed by atoms with E-state index in [9.17, 15) is 0 Å². The van der Waals surface area contributed by atoms with Gasteiger partial charge in [-0.15, -0.1) is 0 Å². The molecule has 1 N–H and O–H groups in total. The van der Waals surface area contributed by atoms with Gasteiger partial charge in [0.2, 0.25) is 0 Å². The van der Waals surface area contributed by atoms with E-state index in [0.717, 1.165) is 17.9 Å². The van der Waals surface area contributed by atoms with E-state index in [2.05, 4.69) is 28.6 Å². The second-order valence-electron chi connectivity index (χ2n) is 5.30. The van der Waals surface area contributed by atoms with Crippen LogP contribution in [-0.4, -0.2) is 15.8 Å². The fourth-order valence-corrected chi connectivity index (χ4v) is 2.74. The second kappa shape index (κ2) is 6.02. The maximum absolute atomic E-state index is 4.62. The van der Waals surface area contributed by atoms with E-state index in [4.69, 9.17) is 0 Å². The Morgan fingerprint density at radius 3 is 2.63 bits per heavy atom. The fourth-order valence-electron chi connectivity index (χ4n) is 2.74. The summed E-state index contributed by atoms with van der Waals surface area (Å²) in [5.41, 5.74) is 2.24. The van der Waals surface area contributed by atoms with Crippen LogP contribution < -0.4 is 5.32 Å². The maximum Gasteiger partial charge on any atom is 0.0766 e. The van der Waals surface area contributed by atoms with Gasteiger partial charge in [0, 0.05) is 18.8 Å². The molecule has 0 atom stereocenters. The molecule has 0 spiro atoms. The summed E-state index contributed by atoms with van der Waals surface area (Å²) < 4.78 is 1.94. The van der Waals surface area contributed by atoms with Crippen LogP contribution in [0.2, 0.25) is 0 Å². The van der Waals surface area contributed by atoms with Gasteiger partial charge in [-0.2, -0.15) is 5.10 Å². The third kappa shape index (κ3) is 3.24. The molecular formula is C16H21N3. The van der Waals surface area contributed by atoms with Gasteiger partial charge in [-0.05, 0) is 31.0 Å². The van der Waals surface area contributed by atoms with Gasteiger partial charge in [0.05, 0.1) is 11.4 Å². The van der Waals surface area contributed by atoms with Crippen molar-refractivity contribution in [1.82, 2.24) is 15.1 Å². The summed E-state index contributed by atoms with van der Waals surface area (Å²) in [6.45, 7) is 0.879. The third-order valence-electron chi connectivity index (χ3n) is 3.84. The molecule has 3 nitrogen and oxygen atoms in total. The molecule has 1 aliphatic carbocycles. The molecular weight excluding hydrogens is 234 g/mol.